The van der Waals surface area contributed by atoms with E-state index in [0.717, 1.165) is 30.2 Å². The number of nitrogens with zero attached hydrogens (tertiary/aromatic N) is 1. The fourth-order valence-corrected chi connectivity index (χ4v) is 5.42. The monoisotopic (exact) mass is 408 g/mol. The highest BCUT2D eigenvalue weighted by atomic mass is 32.2. The minimum absolute atomic E-state index is 0.333. The molecule has 29 heavy (non-hydrogen) atoms. The van der Waals surface area contributed by atoms with E-state index in [-0.39, 0.29) is 5.91 Å². The van der Waals surface area contributed by atoms with Crippen molar-refractivity contribution >= 4 is 38.1 Å². The lowest BCUT2D eigenvalue weighted by Crippen LogP contribution is -2.47. The third-order valence-electron chi connectivity index (χ3n) is 5.48. The Morgan fingerprint density at radius 3 is 2.34 bits per heavy atom. The van der Waals surface area contributed by atoms with Crippen LogP contribution in [0.2, 0.25) is 0 Å². The first-order chi connectivity index (χ1) is 13.9. The molecule has 0 spiro atoms. The molecule has 0 aliphatic heterocycles. The van der Waals surface area contributed by atoms with E-state index >= 15 is 0 Å². The van der Waals surface area contributed by atoms with Gasteiger partial charge in [-0.3, -0.25) is 9.10 Å². The zero-order valence-corrected chi connectivity index (χ0v) is 17.4. The van der Waals surface area contributed by atoms with Gasteiger partial charge in [0.1, 0.15) is 6.04 Å². The molecule has 0 saturated carbocycles. The summed E-state index contributed by atoms with van der Waals surface area (Å²) < 4.78 is 26.3. The highest BCUT2D eigenvalue weighted by molar-refractivity contribution is 7.92. The van der Waals surface area contributed by atoms with Gasteiger partial charge in [-0.2, -0.15) is 0 Å². The van der Waals surface area contributed by atoms with Gasteiger partial charge in [-0.25, -0.2) is 8.42 Å². The van der Waals surface area contributed by atoms with Crippen molar-refractivity contribution in [2.45, 2.75) is 32.2 Å². The molecule has 4 rings (SSSR count). The van der Waals surface area contributed by atoms with Crippen LogP contribution in [0.4, 0.5) is 11.4 Å². The Labute approximate surface area is 171 Å². The third-order valence-corrected chi connectivity index (χ3v) is 6.66. The SMILES string of the molecule is CC[C@@H](C(=O)Nc1ccc2c3c(cccc13)CC2)N(c1ccccc1)S(C)(=O)=O. The molecule has 5 nitrogen and oxygen atoms in total. The first-order valence-electron chi connectivity index (χ1n) is 9.79. The van der Waals surface area contributed by atoms with Crippen LogP contribution >= 0.6 is 0 Å². The summed E-state index contributed by atoms with van der Waals surface area (Å²) in [7, 11) is -3.64. The Morgan fingerprint density at radius 2 is 1.69 bits per heavy atom. The number of para-hydroxylation sites is 1. The summed E-state index contributed by atoms with van der Waals surface area (Å²) in [6, 6.07) is 18.0. The Kier molecular flexibility index (Phi) is 5.04. The lowest BCUT2D eigenvalue weighted by atomic mass is 10.0. The van der Waals surface area contributed by atoms with E-state index in [1.807, 2.05) is 31.2 Å². The average molecular weight is 409 g/mol. The van der Waals surface area contributed by atoms with E-state index < -0.39 is 16.1 Å². The smallest absolute Gasteiger partial charge is 0.248 e. The molecule has 0 aromatic heterocycles. The van der Waals surface area contributed by atoms with Crippen molar-refractivity contribution in [1.29, 1.82) is 0 Å². The quantitative estimate of drug-likeness (QED) is 0.667. The summed E-state index contributed by atoms with van der Waals surface area (Å²) in [5.74, 6) is -0.333. The largest absolute Gasteiger partial charge is 0.324 e. The predicted octanol–water partition coefficient (Wildman–Crippen LogP) is 4.12. The van der Waals surface area contributed by atoms with Gasteiger partial charge in [-0.15, -0.1) is 0 Å². The van der Waals surface area contributed by atoms with Crippen molar-refractivity contribution in [1.82, 2.24) is 0 Å². The summed E-state index contributed by atoms with van der Waals surface area (Å²) in [5.41, 5.74) is 3.79. The molecule has 0 fully saturated rings. The molecule has 0 saturated heterocycles. The molecule has 0 unspecified atom stereocenters. The van der Waals surface area contributed by atoms with Crippen molar-refractivity contribution < 1.29 is 13.2 Å². The van der Waals surface area contributed by atoms with Gasteiger partial charge in [0.25, 0.3) is 0 Å². The highest BCUT2D eigenvalue weighted by Crippen LogP contribution is 2.35. The van der Waals surface area contributed by atoms with Crippen LogP contribution in [0.5, 0.6) is 0 Å². The Balaban J connectivity index is 1.71. The molecule has 1 N–H and O–H groups in total. The first kappa shape index (κ1) is 19.5. The Morgan fingerprint density at radius 1 is 1.00 bits per heavy atom. The summed E-state index contributed by atoms with van der Waals surface area (Å²) in [4.78, 5) is 13.2. The van der Waals surface area contributed by atoms with Crippen molar-refractivity contribution in [3.05, 3.63) is 71.8 Å². The second-order valence-electron chi connectivity index (χ2n) is 7.42. The lowest BCUT2D eigenvalue weighted by molar-refractivity contribution is -0.117. The number of nitrogens with one attached hydrogen (secondary N) is 1. The second-order valence-corrected chi connectivity index (χ2v) is 9.28. The molecule has 1 aliphatic carbocycles. The first-order valence-corrected chi connectivity index (χ1v) is 11.6. The van der Waals surface area contributed by atoms with Crippen molar-refractivity contribution in [3.8, 4) is 0 Å². The highest BCUT2D eigenvalue weighted by Gasteiger charge is 2.31. The summed E-state index contributed by atoms with van der Waals surface area (Å²) in [6.45, 7) is 1.82. The standard InChI is InChI=1S/C23H24N2O3S/c1-3-21(25(29(2,27)28)18-9-5-4-6-10-18)23(26)24-20-15-14-17-13-12-16-8-7-11-19(20)22(16)17/h4-11,14-15,21H,3,12-13H2,1-2H3,(H,24,26)/t21-/m0/s1. The molecule has 1 aliphatic rings. The number of benzene rings is 3. The number of hydrogen-bond donors (Lipinski definition) is 1. The number of carbonyl (C=O) groups is 1. The molecule has 3 aromatic rings. The van der Waals surface area contributed by atoms with Crippen molar-refractivity contribution in [2.75, 3.05) is 15.9 Å². The van der Waals surface area contributed by atoms with E-state index in [1.54, 1.807) is 24.3 Å². The summed E-state index contributed by atoms with van der Waals surface area (Å²) >= 11 is 0. The maximum atomic E-state index is 13.2. The van der Waals surface area contributed by atoms with Crippen LogP contribution in [0.15, 0.2) is 60.7 Å². The number of hydrogen-bond acceptors (Lipinski definition) is 3. The van der Waals surface area contributed by atoms with E-state index in [2.05, 4.69) is 17.4 Å². The maximum Gasteiger partial charge on any atom is 0.248 e. The number of sulfonamides is 1. The predicted molar refractivity (Wildman–Crippen MR) is 118 cm³/mol. The minimum Gasteiger partial charge on any atom is -0.324 e. The van der Waals surface area contributed by atoms with Crippen LogP contribution in [-0.4, -0.2) is 26.6 Å². The molecule has 0 bridgehead atoms. The Bertz CT molecular complexity index is 1160. The van der Waals surface area contributed by atoms with Crippen LogP contribution in [0.1, 0.15) is 24.5 Å². The average Bonchev–Trinajstić information content (AvgIpc) is 3.12. The molecule has 1 amide bonds. The number of aryl methyl sites for hydroxylation is 2. The van der Waals surface area contributed by atoms with E-state index in [1.165, 1.54) is 20.8 Å². The van der Waals surface area contributed by atoms with Gasteiger partial charge in [-0.05, 0) is 54.0 Å². The molecule has 1 atom stereocenters. The topological polar surface area (TPSA) is 66.5 Å². The summed E-state index contributed by atoms with van der Waals surface area (Å²) in [6.07, 6.45) is 3.51. The zero-order chi connectivity index (χ0) is 20.6. The normalized spacial score (nSPS) is 14.0. The van der Waals surface area contributed by atoms with E-state index in [9.17, 15) is 13.2 Å². The minimum atomic E-state index is -3.64. The number of amides is 1. The number of carbonyl (C=O) groups excluding carboxylic acids is 1. The van der Waals surface area contributed by atoms with Crippen LogP contribution in [-0.2, 0) is 27.7 Å². The fraction of sp³-hybridized carbons (Fsp3) is 0.261. The van der Waals surface area contributed by atoms with E-state index in [0.29, 0.717) is 12.1 Å². The van der Waals surface area contributed by atoms with Gasteiger partial charge in [0.05, 0.1) is 11.9 Å². The van der Waals surface area contributed by atoms with Crippen LogP contribution < -0.4 is 9.62 Å². The van der Waals surface area contributed by atoms with Gasteiger partial charge in [0, 0.05) is 11.1 Å². The molecule has 6 heteroatoms. The van der Waals surface area contributed by atoms with Crippen LogP contribution in [0, 0.1) is 0 Å². The molecular formula is C23H24N2O3S. The number of anilines is 2. The molecular weight excluding hydrogens is 384 g/mol. The van der Waals surface area contributed by atoms with Gasteiger partial charge in [0.2, 0.25) is 15.9 Å². The molecule has 3 aromatic carbocycles. The van der Waals surface area contributed by atoms with Crippen LogP contribution in [0.3, 0.4) is 0 Å². The zero-order valence-electron chi connectivity index (χ0n) is 16.6. The fourth-order valence-electron chi connectivity index (χ4n) is 4.21. The molecule has 150 valence electrons. The third kappa shape index (κ3) is 3.60. The van der Waals surface area contributed by atoms with Crippen molar-refractivity contribution in [3.63, 3.8) is 0 Å². The van der Waals surface area contributed by atoms with Gasteiger partial charge in [-0.1, -0.05) is 49.4 Å². The second kappa shape index (κ2) is 7.52. The van der Waals surface area contributed by atoms with Crippen molar-refractivity contribution in [2.24, 2.45) is 0 Å². The van der Waals surface area contributed by atoms with Crippen LogP contribution in [0.25, 0.3) is 10.8 Å². The number of rotatable bonds is 6. The van der Waals surface area contributed by atoms with Gasteiger partial charge >= 0.3 is 0 Å². The lowest BCUT2D eigenvalue weighted by Gasteiger charge is -2.30. The summed E-state index contributed by atoms with van der Waals surface area (Å²) in [5, 5.41) is 5.21. The maximum absolute atomic E-state index is 13.2. The van der Waals surface area contributed by atoms with Gasteiger partial charge < -0.3 is 5.32 Å². The Hall–Kier alpha value is -2.86. The van der Waals surface area contributed by atoms with E-state index in [4.69, 9.17) is 0 Å². The van der Waals surface area contributed by atoms with Gasteiger partial charge in [0.15, 0.2) is 0 Å². The molecule has 0 heterocycles. The molecule has 0 radical (unpaired) electrons.